The van der Waals surface area contributed by atoms with Crippen molar-refractivity contribution in [1.82, 2.24) is 4.57 Å². The van der Waals surface area contributed by atoms with Gasteiger partial charge in [0.1, 0.15) is 5.82 Å². The number of ether oxygens (including phenoxy) is 1. The number of hydrogen-bond donors (Lipinski definition) is 0. The number of rotatable bonds is 3. The highest BCUT2D eigenvalue weighted by Gasteiger charge is 2.04. The molecule has 0 bridgehead atoms. The summed E-state index contributed by atoms with van der Waals surface area (Å²) in [4.78, 5) is 11.0. The number of nitrogens with zero attached hydrogens (tertiary/aromatic N) is 1. The number of aromatic nitrogens is 1. The van der Waals surface area contributed by atoms with Crippen molar-refractivity contribution in [3.8, 4) is 0 Å². The molecule has 0 aliphatic carbocycles. The molecule has 0 saturated heterocycles. The van der Waals surface area contributed by atoms with Gasteiger partial charge in [0.25, 0.3) is 0 Å². The molecule has 4 heteroatoms. The summed E-state index contributed by atoms with van der Waals surface area (Å²) < 4.78 is 19.4. The Morgan fingerprint density at radius 1 is 1.44 bits per heavy atom. The van der Waals surface area contributed by atoms with Gasteiger partial charge >= 0.3 is 5.97 Å². The minimum absolute atomic E-state index is 0.246. The standard InChI is InChI=1S/C12H12FNO2/c1-16-12(15)5-7-14-6-4-9-8-10(13)2-3-11(9)14/h2-4,6,8H,5,7H2,1H3. The Kier molecular flexibility index (Phi) is 2.90. The van der Waals surface area contributed by atoms with E-state index in [1.54, 1.807) is 6.07 Å². The second-order valence-corrected chi connectivity index (χ2v) is 3.54. The first-order valence-corrected chi connectivity index (χ1v) is 5.02. The predicted molar refractivity (Wildman–Crippen MR) is 58.5 cm³/mol. The first-order chi connectivity index (χ1) is 7.70. The van der Waals surface area contributed by atoms with Gasteiger partial charge < -0.3 is 9.30 Å². The maximum atomic E-state index is 12.9. The van der Waals surface area contributed by atoms with Gasteiger partial charge in [-0.2, -0.15) is 0 Å². The van der Waals surface area contributed by atoms with E-state index < -0.39 is 0 Å². The van der Waals surface area contributed by atoms with Crippen molar-refractivity contribution < 1.29 is 13.9 Å². The van der Waals surface area contributed by atoms with Gasteiger partial charge in [-0.05, 0) is 24.3 Å². The van der Waals surface area contributed by atoms with Crippen LogP contribution >= 0.6 is 0 Å². The first kappa shape index (κ1) is 10.7. The van der Waals surface area contributed by atoms with Crippen LogP contribution in [0.25, 0.3) is 10.9 Å². The highest BCUT2D eigenvalue weighted by molar-refractivity contribution is 5.80. The molecule has 0 aliphatic rings. The average molecular weight is 221 g/mol. The van der Waals surface area contributed by atoms with Gasteiger partial charge in [0, 0.05) is 23.6 Å². The molecule has 0 fully saturated rings. The number of methoxy groups -OCH3 is 1. The van der Waals surface area contributed by atoms with Gasteiger partial charge in [0.15, 0.2) is 0 Å². The molecular formula is C12H12FNO2. The third-order valence-electron chi connectivity index (χ3n) is 2.52. The Labute approximate surface area is 92.4 Å². The highest BCUT2D eigenvalue weighted by atomic mass is 19.1. The molecule has 0 atom stereocenters. The number of carbonyl (C=O) groups is 1. The normalized spacial score (nSPS) is 10.6. The minimum Gasteiger partial charge on any atom is -0.469 e. The monoisotopic (exact) mass is 221 g/mol. The molecule has 3 nitrogen and oxygen atoms in total. The number of hydrogen-bond acceptors (Lipinski definition) is 2. The second-order valence-electron chi connectivity index (χ2n) is 3.54. The molecule has 1 aromatic carbocycles. The molecule has 2 aromatic rings. The fourth-order valence-corrected chi connectivity index (χ4v) is 1.68. The Bertz CT molecular complexity index is 519. The molecule has 0 spiro atoms. The van der Waals surface area contributed by atoms with Gasteiger partial charge in [0.05, 0.1) is 13.5 Å². The molecule has 0 N–H and O–H groups in total. The Morgan fingerprint density at radius 2 is 2.25 bits per heavy atom. The smallest absolute Gasteiger partial charge is 0.307 e. The van der Waals surface area contributed by atoms with Gasteiger partial charge in [0.2, 0.25) is 0 Å². The maximum absolute atomic E-state index is 12.9. The molecule has 2 rings (SSSR count). The van der Waals surface area contributed by atoms with E-state index in [1.807, 2.05) is 16.8 Å². The molecule has 16 heavy (non-hydrogen) atoms. The fourth-order valence-electron chi connectivity index (χ4n) is 1.68. The highest BCUT2D eigenvalue weighted by Crippen LogP contribution is 2.17. The van der Waals surface area contributed by atoms with Crippen LogP contribution in [-0.2, 0) is 16.1 Å². The fraction of sp³-hybridized carbons (Fsp3) is 0.250. The lowest BCUT2D eigenvalue weighted by Crippen LogP contribution is -2.06. The van der Waals surface area contributed by atoms with Crippen molar-refractivity contribution in [1.29, 1.82) is 0 Å². The van der Waals surface area contributed by atoms with Crippen LogP contribution < -0.4 is 0 Å². The van der Waals surface area contributed by atoms with E-state index in [0.717, 1.165) is 10.9 Å². The molecule has 84 valence electrons. The predicted octanol–water partition coefficient (Wildman–Crippen LogP) is 2.34. The van der Waals surface area contributed by atoms with Gasteiger partial charge in [-0.15, -0.1) is 0 Å². The van der Waals surface area contributed by atoms with Crippen molar-refractivity contribution in [3.63, 3.8) is 0 Å². The summed E-state index contributed by atoms with van der Waals surface area (Å²) in [6.45, 7) is 0.543. The third-order valence-corrected chi connectivity index (χ3v) is 2.52. The summed E-state index contributed by atoms with van der Waals surface area (Å²) in [5.74, 6) is -0.498. The second kappa shape index (κ2) is 4.35. The van der Waals surface area contributed by atoms with Crippen molar-refractivity contribution >= 4 is 16.9 Å². The molecule has 0 unspecified atom stereocenters. The number of halogens is 1. The number of aryl methyl sites for hydroxylation is 1. The van der Waals surface area contributed by atoms with Crippen LogP contribution in [0.3, 0.4) is 0 Å². The van der Waals surface area contributed by atoms with Crippen LogP contribution in [0.15, 0.2) is 30.5 Å². The minimum atomic E-state index is -0.252. The Morgan fingerprint density at radius 3 is 3.00 bits per heavy atom. The van der Waals surface area contributed by atoms with Crippen LogP contribution in [0.1, 0.15) is 6.42 Å². The molecule has 0 radical (unpaired) electrons. The maximum Gasteiger partial charge on any atom is 0.307 e. The number of carbonyl (C=O) groups excluding carboxylic acids is 1. The topological polar surface area (TPSA) is 31.2 Å². The van der Waals surface area contributed by atoms with E-state index in [9.17, 15) is 9.18 Å². The zero-order valence-electron chi connectivity index (χ0n) is 8.94. The van der Waals surface area contributed by atoms with Crippen molar-refractivity contribution in [2.24, 2.45) is 0 Å². The van der Waals surface area contributed by atoms with Crippen LogP contribution in [-0.4, -0.2) is 17.6 Å². The van der Waals surface area contributed by atoms with Crippen molar-refractivity contribution in [2.75, 3.05) is 7.11 Å². The Balaban J connectivity index is 2.22. The quantitative estimate of drug-likeness (QED) is 0.745. The van der Waals surface area contributed by atoms with E-state index in [-0.39, 0.29) is 11.8 Å². The van der Waals surface area contributed by atoms with Crippen LogP contribution in [0.5, 0.6) is 0 Å². The van der Waals surface area contributed by atoms with Gasteiger partial charge in [-0.3, -0.25) is 4.79 Å². The molecular weight excluding hydrogens is 209 g/mol. The van der Waals surface area contributed by atoms with E-state index >= 15 is 0 Å². The zero-order valence-corrected chi connectivity index (χ0v) is 8.94. The van der Waals surface area contributed by atoms with Gasteiger partial charge in [-0.1, -0.05) is 0 Å². The molecule has 1 heterocycles. The molecule has 1 aromatic heterocycles. The third kappa shape index (κ3) is 2.05. The van der Waals surface area contributed by atoms with Crippen LogP contribution in [0, 0.1) is 5.82 Å². The summed E-state index contributed by atoms with van der Waals surface area (Å²) in [6.07, 6.45) is 2.16. The van der Waals surface area contributed by atoms with Crippen molar-refractivity contribution in [2.45, 2.75) is 13.0 Å². The van der Waals surface area contributed by atoms with Gasteiger partial charge in [-0.25, -0.2) is 4.39 Å². The summed E-state index contributed by atoms with van der Waals surface area (Å²) in [5, 5.41) is 0.838. The number of esters is 1. The molecule has 0 saturated carbocycles. The SMILES string of the molecule is COC(=O)CCn1ccc2cc(F)ccc21. The zero-order chi connectivity index (χ0) is 11.5. The molecule has 0 amide bonds. The summed E-state index contributed by atoms with van der Waals surface area (Å²) in [6, 6.07) is 6.43. The lowest BCUT2D eigenvalue weighted by Gasteiger charge is -2.04. The lowest BCUT2D eigenvalue weighted by atomic mass is 10.2. The summed E-state index contributed by atoms with van der Waals surface area (Å²) >= 11 is 0. The number of fused-ring (bicyclic) bond motifs is 1. The van der Waals surface area contributed by atoms with E-state index in [0.29, 0.717) is 13.0 Å². The van der Waals surface area contributed by atoms with Crippen LogP contribution in [0.2, 0.25) is 0 Å². The van der Waals surface area contributed by atoms with E-state index in [2.05, 4.69) is 4.74 Å². The first-order valence-electron chi connectivity index (χ1n) is 5.02. The van der Waals surface area contributed by atoms with Crippen LogP contribution in [0.4, 0.5) is 4.39 Å². The largest absolute Gasteiger partial charge is 0.469 e. The van der Waals surface area contributed by atoms with E-state index in [1.165, 1.54) is 19.2 Å². The Hall–Kier alpha value is -1.84. The number of benzene rings is 1. The lowest BCUT2D eigenvalue weighted by molar-refractivity contribution is -0.140. The average Bonchev–Trinajstić information content (AvgIpc) is 2.68. The summed E-state index contributed by atoms with van der Waals surface area (Å²) in [7, 11) is 1.37. The summed E-state index contributed by atoms with van der Waals surface area (Å²) in [5.41, 5.74) is 0.922. The van der Waals surface area contributed by atoms with E-state index in [4.69, 9.17) is 0 Å². The van der Waals surface area contributed by atoms with Crippen molar-refractivity contribution in [3.05, 3.63) is 36.3 Å². The molecule has 0 aliphatic heterocycles.